The summed E-state index contributed by atoms with van der Waals surface area (Å²) in [7, 11) is 3.14. The van der Waals surface area contributed by atoms with Gasteiger partial charge in [-0.05, 0) is 106 Å². The van der Waals surface area contributed by atoms with Gasteiger partial charge in [0.25, 0.3) is 5.56 Å². The molecule has 0 fully saturated rings. The molecule has 0 N–H and O–H groups in total. The second kappa shape index (κ2) is 13.3. The Morgan fingerprint density at radius 1 is 1.05 bits per heavy atom. The van der Waals surface area contributed by atoms with Crippen molar-refractivity contribution >= 4 is 46.0 Å². The third-order valence-electron chi connectivity index (χ3n) is 6.29. The minimum absolute atomic E-state index is 0.0246. The van der Waals surface area contributed by atoms with E-state index in [9.17, 15) is 9.59 Å². The molecule has 0 radical (unpaired) electrons. The lowest BCUT2D eigenvalue weighted by Gasteiger charge is -2.25. The predicted molar refractivity (Wildman–Crippen MR) is 171 cm³/mol. The Morgan fingerprint density at radius 2 is 1.74 bits per heavy atom. The smallest absolute Gasteiger partial charge is 0.338 e. The van der Waals surface area contributed by atoms with Gasteiger partial charge in [-0.25, -0.2) is 9.79 Å². The molecule has 224 valence electrons. The molecule has 0 bridgehead atoms. The van der Waals surface area contributed by atoms with Crippen molar-refractivity contribution in [2.75, 3.05) is 20.8 Å². The fraction of sp³-hybridized carbons (Fsp3) is 0.387. The van der Waals surface area contributed by atoms with Crippen molar-refractivity contribution < 1.29 is 28.5 Å². The number of benzene rings is 2. The molecule has 3 aromatic rings. The zero-order valence-corrected chi connectivity index (χ0v) is 27.9. The summed E-state index contributed by atoms with van der Waals surface area (Å²) in [5.74, 6) is 1.76. The topological polar surface area (TPSA) is 97.6 Å². The number of allylic oxidation sites excluding steroid dienone is 1. The molecule has 1 atom stereocenters. The first-order chi connectivity index (χ1) is 20.0. The molecule has 4 rings (SSSR count). The van der Waals surface area contributed by atoms with Crippen molar-refractivity contribution in [3.8, 4) is 23.0 Å². The number of carbonyl (C=O) groups excluding carboxylic acids is 1. The number of ether oxygens (including phenoxy) is 5. The van der Waals surface area contributed by atoms with E-state index in [1.807, 2.05) is 45.9 Å². The van der Waals surface area contributed by atoms with Crippen molar-refractivity contribution in [2.45, 2.75) is 59.8 Å². The molecule has 0 unspecified atom stereocenters. The van der Waals surface area contributed by atoms with Crippen molar-refractivity contribution in [3.63, 3.8) is 0 Å². The second-order valence-electron chi connectivity index (χ2n) is 10.1. The number of hydrogen-bond acceptors (Lipinski definition) is 9. The van der Waals surface area contributed by atoms with Crippen molar-refractivity contribution in [2.24, 2.45) is 4.99 Å². The monoisotopic (exact) mass is 706 g/mol. The number of thiazole rings is 1. The first-order valence-corrected chi connectivity index (χ1v) is 15.5. The number of nitrogens with zero attached hydrogens (tertiary/aromatic N) is 2. The fourth-order valence-corrected chi connectivity index (χ4v) is 6.44. The standard InChI is InChI=1S/C31H35IN2O7S/c1-9-39-30(36)26-18(6)33-31-34(27(26)20-10-11-22(40-16(2)3)23(15-20)37-7)29(35)25(42-31)14-19-12-21(32)28(41-17(4)5)24(13-19)38-8/h10-17,27H,9H2,1-8H3/b25-14+/t27-/m1/s1. The van der Waals surface area contributed by atoms with E-state index < -0.39 is 12.0 Å². The Balaban J connectivity index is 1.92. The van der Waals surface area contributed by atoms with E-state index in [1.165, 1.54) is 11.3 Å². The van der Waals surface area contributed by atoms with E-state index in [2.05, 4.69) is 27.6 Å². The molecule has 42 heavy (non-hydrogen) atoms. The molecule has 0 saturated heterocycles. The zero-order chi connectivity index (χ0) is 30.7. The Hall–Kier alpha value is -3.32. The highest BCUT2D eigenvalue weighted by Gasteiger charge is 2.34. The van der Waals surface area contributed by atoms with E-state index in [4.69, 9.17) is 23.7 Å². The maximum Gasteiger partial charge on any atom is 0.338 e. The van der Waals surface area contributed by atoms with Gasteiger partial charge >= 0.3 is 5.97 Å². The third-order valence-corrected chi connectivity index (χ3v) is 8.07. The van der Waals surface area contributed by atoms with Gasteiger partial charge in [-0.15, -0.1) is 0 Å². The predicted octanol–water partition coefficient (Wildman–Crippen LogP) is 4.99. The van der Waals surface area contributed by atoms with Crippen LogP contribution < -0.4 is 33.8 Å². The molecule has 1 aromatic heterocycles. The molecule has 11 heteroatoms. The highest BCUT2D eigenvalue weighted by Crippen LogP contribution is 2.37. The lowest BCUT2D eigenvalue weighted by Crippen LogP contribution is -2.40. The van der Waals surface area contributed by atoms with Crippen LogP contribution >= 0.6 is 33.9 Å². The summed E-state index contributed by atoms with van der Waals surface area (Å²) in [6, 6.07) is 8.41. The van der Waals surface area contributed by atoms with Crippen LogP contribution in [0.4, 0.5) is 0 Å². The Bertz CT molecular complexity index is 1700. The number of rotatable bonds is 10. The summed E-state index contributed by atoms with van der Waals surface area (Å²) in [5.41, 5.74) is 1.93. The molecular weight excluding hydrogens is 671 g/mol. The van der Waals surface area contributed by atoms with Crippen LogP contribution in [0.15, 0.2) is 51.4 Å². The number of aromatic nitrogens is 1. The lowest BCUT2D eigenvalue weighted by atomic mass is 9.95. The molecular formula is C31H35IN2O7S. The second-order valence-corrected chi connectivity index (χ2v) is 12.3. The van der Waals surface area contributed by atoms with Gasteiger partial charge in [0.1, 0.15) is 0 Å². The molecule has 1 aliphatic rings. The number of methoxy groups -OCH3 is 2. The summed E-state index contributed by atoms with van der Waals surface area (Å²) >= 11 is 3.45. The van der Waals surface area contributed by atoms with E-state index in [0.29, 0.717) is 49.2 Å². The number of esters is 1. The van der Waals surface area contributed by atoms with E-state index >= 15 is 0 Å². The first-order valence-electron chi connectivity index (χ1n) is 13.6. The third kappa shape index (κ3) is 6.51. The van der Waals surface area contributed by atoms with Gasteiger partial charge < -0.3 is 23.7 Å². The molecule has 0 aliphatic carbocycles. The minimum Gasteiger partial charge on any atom is -0.493 e. The van der Waals surface area contributed by atoms with Crippen LogP contribution in [0, 0.1) is 3.57 Å². The normalized spacial score (nSPS) is 15.0. The molecule has 0 amide bonds. The largest absolute Gasteiger partial charge is 0.493 e. The number of fused-ring (bicyclic) bond motifs is 1. The van der Waals surface area contributed by atoms with Crippen LogP contribution in [-0.4, -0.2) is 43.6 Å². The van der Waals surface area contributed by atoms with Crippen LogP contribution in [0.3, 0.4) is 0 Å². The molecule has 2 heterocycles. The number of hydrogen-bond donors (Lipinski definition) is 0. The van der Waals surface area contributed by atoms with Gasteiger partial charge in [0.05, 0.1) is 58.4 Å². The van der Waals surface area contributed by atoms with Gasteiger partial charge in [-0.3, -0.25) is 9.36 Å². The van der Waals surface area contributed by atoms with Gasteiger partial charge in [0.15, 0.2) is 27.8 Å². The van der Waals surface area contributed by atoms with E-state index in [1.54, 1.807) is 50.8 Å². The van der Waals surface area contributed by atoms with E-state index in [0.717, 1.165) is 9.13 Å². The summed E-state index contributed by atoms with van der Waals surface area (Å²) < 4.78 is 31.3. The average Bonchev–Trinajstić information content (AvgIpc) is 3.23. The molecule has 1 aliphatic heterocycles. The van der Waals surface area contributed by atoms with Crippen LogP contribution in [0.1, 0.15) is 58.7 Å². The SMILES string of the molecule is CCOC(=O)C1=C(C)N=c2s/c(=C/c3cc(I)c(OC(C)C)c(OC)c3)c(=O)n2[C@@H]1c1ccc(OC(C)C)c(OC)c1. The lowest BCUT2D eigenvalue weighted by molar-refractivity contribution is -0.139. The first kappa shape index (κ1) is 31.6. The molecule has 2 aromatic carbocycles. The zero-order valence-electron chi connectivity index (χ0n) is 24.9. The highest BCUT2D eigenvalue weighted by atomic mass is 127. The molecule has 0 spiro atoms. The van der Waals surface area contributed by atoms with Crippen LogP contribution in [0.5, 0.6) is 23.0 Å². The van der Waals surface area contributed by atoms with Crippen LogP contribution in [-0.2, 0) is 9.53 Å². The number of halogens is 1. The minimum atomic E-state index is -0.777. The van der Waals surface area contributed by atoms with E-state index in [-0.39, 0.29) is 24.4 Å². The summed E-state index contributed by atoms with van der Waals surface area (Å²) in [6.07, 6.45) is 1.71. The van der Waals surface area contributed by atoms with Crippen molar-refractivity contribution in [1.29, 1.82) is 0 Å². The quantitative estimate of drug-likeness (QED) is 0.217. The summed E-state index contributed by atoms with van der Waals surface area (Å²) in [5, 5.41) is 0. The number of carbonyl (C=O) groups is 1. The Kier molecular flexibility index (Phi) is 10.0. The molecule has 0 saturated carbocycles. The van der Waals surface area contributed by atoms with Gasteiger partial charge in [0, 0.05) is 0 Å². The van der Waals surface area contributed by atoms with Gasteiger partial charge in [0.2, 0.25) is 0 Å². The maximum absolute atomic E-state index is 14.0. The van der Waals surface area contributed by atoms with Crippen LogP contribution in [0.2, 0.25) is 0 Å². The summed E-state index contributed by atoms with van der Waals surface area (Å²) in [4.78, 5) is 32.4. The Labute approximate surface area is 262 Å². The average molecular weight is 707 g/mol. The Morgan fingerprint density at radius 3 is 2.36 bits per heavy atom. The van der Waals surface area contributed by atoms with Crippen LogP contribution in [0.25, 0.3) is 6.08 Å². The van der Waals surface area contributed by atoms with Crippen molar-refractivity contribution in [3.05, 3.63) is 76.0 Å². The molecule has 9 nitrogen and oxygen atoms in total. The summed E-state index contributed by atoms with van der Waals surface area (Å²) in [6.45, 7) is 11.4. The fourth-order valence-electron chi connectivity index (χ4n) is 4.64. The van der Waals surface area contributed by atoms with Crippen molar-refractivity contribution in [1.82, 2.24) is 4.57 Å². The maximum atomic E-state index is 14.0. The van der Waals surface area contributed by atoms with Gasteiger partial charge in [-0.2, -0.15) is 0 Å². The highest BCUT2D eigenvalue weighted by molar-refractivity contribution is 14.1. The van der Waals surface area contributed by atoms with Gasteiger partial charge in [-0.1, -0.05) is 17.4 Å².